The van der Waals surface area contributed by atoms with Crippen LogP contribution in [0.5, 0.6) is 5.75 Å². The van der Waals surface area contributed by atoms with Crippen molar-refractivity contribution < 1.29 is 14.3 Å². The quantitative estimate of drug-likeness (QED) is 0.714. The maximum absolute atomic E-state index is 12.4. The van der Waals surface area contributed by atoms with Crippen molar-refractivity contribution in [1.82, 2.24) is 0 Å². The van der Waals surface area contributed by atoms with E-state index in [9.17, 15) is 9.59 Å². The molecule has 2 amide bonds. The van der Waals surface area contributed by atoms with Crippen LogP contribution in [0.25, 0.3) is 10.8 Å². The second-order valence-corrected chi connectivity index (χ2v) is 6.19. The van der Waals surface area contributed by atoms with E-state index in [1.165, 1.54) is 0 Å². The van der Waals surface area contributed by atoms with Gasteiger partial charge in [-0.15, -0.1) is 0 Å². The molecular weight excluding hydrogens is 352 g/mol. The van der Waals surface area contributed by atoms with Crippen LogP contribution in [0.1, 0.15) is 17.3 Å². The monoisotopic (exact) mass is 368 g/mol. The van der Waals surface area contributed by atoms with E-state index in [1.54, 1.807) is 43.3 Å². The minimum atomic E-state index is -0.726. The molecule has 6 heteroatoms. The predicted molar refractivity (Wildman–Crippen MR) is 103 cm³/mol. The summed E-state index contributed by atoms with van der Waals surface area (Å²) in [4.78, 5) is 23.5. The third-order valence-electron chi connectivity index (χ3n) is 3.94. The Morgan fingerprint density at radius 2 is 1.65 bits per heavy atom. The number of carbonyl (C=O) groups excluding carboxylic acids is 2. The Kier molecular flexibility index (Phi) is 5.09. The van der Waals surface area contributed by atoms with E-state index in [0.717, 1.165) is 10.8 Å². The fourth-order valence-corrected chi connectivity index (χ4v) is 2.77. The van der Waals surface area contributed by atoms with Gasteiger partial charge in [0, 0.05) is 27.0 Å². The smallest absolute Gasteiger partial charge is 0.265 e. The number of anilines is 1. The molecule has 132 valence electrons. The first-order valence-corrected chi connectivity index (χ1v) is 8.38. The van der Waals surface area contributed by atoms with Crippen LogP contribution in [0, 0.1) is 0 Å². The zero-order chi connectivity index (χ0) is 18.7. The lowest BCUT2D eigenvalue weighted by molar-refractivity contribution is -0.122. The molecule has 3 rings (SSSR count). The van der Waals surface area contributed by atoms with Gasteiger partial charge in [-0.2, -0.15) is 0 Å². The third-order valence-corrected chi connectivity index (χ3v) is 4.27. The van der Waals surface area contributed by atoms with E-state index < -0.39 is 12.0 Å². The molecule has 3 N–H and O–H groups in total. The average molecular weight is 369 g/mol. The molecule has 0 fully saturated rings. The van der Waals surface area contributed by atoms with Crippen molar-refractivity contribution in [2.75, 3.05) is 5.32 Å². The fourth-order valence-electron chi connectivity index (χ4n) is 2.54. The molecule has 0 unspecified atom stereocenters. The summed E-state index contributed by atoms with van der Waals surface area (Å²) in [5.41, 5.74) is 6.13. The van der Waals surface area contributed by atoms with E-state index in [4.69, 9.17) is 22.1 Å². The molecule has 0 saturated heterocycles. The van der Waals surface area contributed by atoms with Crippen molar-refractivity contribution in [3.8, 4) is 5.75 Å². The zero-order valence-corrected chi connectivity index (χ0v) is 14.8. The number of hydrogen-bond acceptors (Lipinski definition) is 3. The Balaban J connectivity index is 1.74. The first-order chi connectivity index (χ1) is 12.5. The van der Waals surface area contributed by atoms with Gasteiger partial charge in [0.25, 0.3) is 5.91 Å². The second kappa shape index (κ2) is 7.45. The number of amides is 2. The van der Waals surface area contributed by atoms with E-state index >= 15 is 0 Å². The Labute approximate surface area is 155 Å². The van der Waals surface area contributed by atoms with Crippen LogP contribution in [0.2, 0.25) is 5.02 Å². The van der Waals surface area contributed by atoms with E-state index in [0.29, 0.717) is 22.0 Å². The normalized spacial score (nSPS) is 11.8. The van der Waals surface area contributed by atoms with E-state index in [2.05, 4.69) is 5.32 Å². The van der Waals surface area contributed by atoms with Crippen molar-refractivity contribution >= 4 is 39.9 Å². The summed E-state index contributed by atoms with van der Waals surface area (Å²) in [6.07, 6.45) is -0.726. The fraction of sp³-hybridized carbons (Fsp3) is 0.100. The van der Waals surface area contributed by atoms with Crippen molar-refractivity contribution in [3.63, 3.8) is 0 Å². The van der Waals surface area contributed by atoms with Gasteiger partial charge in [0.15, 0.2) is 6.10 Å². The first kappa shape index (κ1) is 17.8. The van der Waals surface area contributed by atoms with Gasteiger partial charge in [0.05, 0.1) is 0 Å². The van der Waals surface area contributed by atoms with Crippen molar-refractivity contribution in [2.45, 2.75) is 13.0 Å². The maximum Gasteiger partial charge on any atom is 0.265 e. The van der Waals surface area contributed by atoms with Gasteiger partial charge in [-0.1, -0.05) is 35.9 Å². The summed E-state index contributed by atoms with van der Waals surface area (Å²) in [6, 6.07) is 17.4. The molecule has 0 aliphatic heterocycles. The molecule has 0 aliphatic carbocycles. The van der Waals surface area contributed by atoms with Gasteiger partial charge in [0.1, 0.15) is 5.75 Å². The number of rotatable bonds is 5. The number of benzene rings is 3. The topological polar surface area (TPSA) is 81.4 Å². The molecule has 0 radical (unpaired) electrons. The van der Waals surface area contributed by atoms with Gasteiger partial charge >= 0.3 is 0 Å². The molecule has 0 aliphatic rings. The van der Waals surface area contributed by atoms with Crippen molar-refractivity contribution in [1.29, 1.82) is 0 Å². The highest BCUT2D eigenvalue weighted by atomic mass is 35.5. The summed E-state index contributed by atoms with van der Waals surface area (Å²) < 4.78 is 5.83. The molecular formula is C20H17ClN2O3. The number of ether oxygens (including phenoxy) is 1. The van der Waals surface area contributed by atoms with E-state index in [-0.39, 0.29) is 5.91 Å². The number of halogens is 1. The number of fused-ring (bicyclic) bond motifs is 1. The summed E-state index contributed by atoms with van der Waals surface area (Å²) in [7, 11) is 0. The molecule has 3 aromatic rings. The number of carbonyl (C=O) groups is 2. The average Bonchev–Trinajstić information content (AvgIpc) is 2.64. The lowest BCUT2D eigenvalue weighted by atomic mass is 10.1. The Morgan fingerprint density at radius 1 is 1.00 bits per heavy atom. The summed E-state index contributed by atoms with van der Waals surface area (Å²) >= 11 is 6.20. The summed E-state index contributed by atoms with van der Waals surface area (Å²) in [5, 5.41) is 5.07. The number of nitrogens with one attached hydrogen (secondary N) is 1. The van der Waals surface area contributed by atoms with E-state index in [1.807, 2.05) is 24.3 Å². The van der Waals surface area contributed by atoms with Crippen LogP contribution in [0.15, 0.2) is 60.7 Å². The lowest BCUT2D eigenvalue weighted by Crippen LogP contribution is -2.30. The predicted octanol–water partition coefficient (Wildman–Crippen LogP) is 4.00. The molecule has 0 bridgehead atoms. The third kappa shape index (κ3) is 3.78. The van der Waals surface area contributed by atoms with Gasteiger partial charge < -0.3 is 15.8 Å². The molecule has 26 heavy (non-hydrogen) atoms. The number of primary amides is 1. The molecule has 0 heterocycles. The standard InChI is InChI=1S/C20H17ClN2O3/c1-12(20(25)23-14-8-6-13(7-9-14)19(22)24)26-18-11-10-17(21)15-4-2-3-5-16(15)18/h2-12H,1H3,(H2,22,24)(H,23,25)/t12-/m1/s1. The number of nitrogens with two attached hydrogens (primary N) is 1. The Bertz CT molecular complexity index is 970. The second-order valence-electron chi connectivity index (χ2n) is 5.78. The molecule has 0 aromatic heterocycles. The summed E-state index contributed by atoms with van der Waals surface area (Å²) in [6.45, 7) is 1.66. The zero-order valence-electron chi connectivity index (χ0n) is 14.0. The highest BCUT2D eigenvalue weighted by Crippen LogP contribution is 2.31. The van der Waals surface area contributed by atoms with Gasteiger partial charge in [-0.25, -0.2) is 0 Å². The SMILES string of the molecule is C[C@@H](Oc1ccc(Cl)c2ccccc12)C(=O)Nc1ccc(C(N)=O)cc1. The van der Waals surface area contributed by atoms with Crippen LogP contribution >= 0.6 is 11.6 Å². The van der Waals surface area contributed by atoms with Crippen LogP contribution in [-0.4, -0.2) is 17.9 Å². The molecule has 0 spiro atoms. The highest BCUT2D eigenvalue weighted by molar-refractivity contribution is 6.35. The van der Waals surface area contributed by atoms with Crippen LogP contribution in [0.4, 0.5) is 5.69 Å². The van der Waals surface area contributed by atoms with Crippen molar-refractivity contribution in [3.05, 3.63) is 71.2 Å². The Hall–Kier alpha value is -3.05. The van der Waals surface area contributed by atoms with Crippen LogP contribution in [-0.2, 0) is 4.79 Å². The van der Waals surface area contributed by atoms with Gasteiger partial charge in [-0.3, -0.25) is 9.59 Å². The summed E-state index contributed by atoms with van der Waals surface area (Å²) in [5.74, 6) is -0.248. The van der Waals surface area contributed by atoms with Gasteiger partial charge in [-0.05, 0) is 43.3 Å². The van der Waals surface area contributed by atoms with Crippen LogP contribution in [0.3, 0.4) is 0 Å². The Morgan fingerprint density at radius 3 is 2.31 bits per heavy atom. The molecule has 5 nitrogen and oxygen atoms in total. The van der Waals surface area contributed by atoms with Gasteiger partial charge in [0.2, 0.25) is 5.91 Å². The molecule has 1 atom stereocenters. The minimum absolute atomic E-state index is 0.309. The lowest BCUT2D eigenvalue weighted by Gasteiger charge is -2.16. The number of hydrogen-bond donors (Lipinski definition) is 2. The molecule has 0 saturated carbocycles. The minimum Gasteiger partial charge on any atom is -0.480 e. The van der Waals surface area contributed by atoms with Crippen LogP contribution < -0.4 is 15.8 Å². The molecule has 3 aromatic carbocycles. The highest BCUT2D eigenvalue weighted by Gasteiger charge is 2.17. The first-order valence-electron chi connectivity index (χ1n) is 8.00. The maximum atomic E-state index is 12.4. The largest absolute Gasteiger partial charge is 0.480 e. The van der Waals surface area contributed by atoms with Crippen molar-refractivity contribution in [2.24, 2.45) is 5.73 Å².